The molecule has 8 nitrogen and oxygen atoms in total. The van der Waals surface area contributed by atoms with Crippen LogP contribution in [0.3, 0.4) is 0 Å². The molecule has 8 heteroatoms. The molecule has 0 aliphatic rings. The number of aromatic amines is 1. The highest BCUT2D eigenvalue weighted by molar-refractivity contribution is 6.07. The Labute approximate surface area is 149 Å². The number of rotatable bonds is 8. The quantitative estimate of drug-likeness (QED) is 0.529. The van der Waals surface area contributed by atoms with E-state index in [1.807, 2.05) is 0 Å². The third-order valence-corrected chi connectivity index (χ3v) is 3.83. The van der Waals surface area contributed by atoms with Gasteiger partial charge in [-0.2, -0.15) is 0 Å². The van der Waals surface area contributed by atoms with Crippen LogP contribution in [0.4, 0.5) is 5.82 Å². The highest BCUT2D eigenvalue weighted by Gasteiger charge is 2.26. The number of H-pyrrole nitrogens is 1. The van der Waals surface area contributed by atoms with Gasteiger partial charge in [-0.25, -0.2) is 9.59 Å². The fourth-order valence-corrected chi connectivity index (χ4v) is 2.54. The summed E-state index contributed by atoms with van der Waals surface area (Å²) in [5, 5.41) is 18.8. The van der Waals surface area contributed by atoms with E-state index in [2.05, 4.69) is 11.9 Å². The first-order valence-corrected chi connectivity index (χ1v) is 8.06. The second-order valence-electron chi connectivity index (χ2n) is 5.71. The highest BCUT2D eigenvalue weighted by Crippen LogP contribution is 2.29. The molecule has 5 N–H and O–H groups in total. The third-order valence-electron chi connectivity index (χ3n) is 3.83. The minimum Gasteiger partial charge on any atom is -0.478 e. The standard InChI is InChI=1S/C18H20N2O6/c1-2-3-8-26-9-10-4-6-11(7-5-10)12-13(17(22)23)15(19)20-16(21)14(12)18(24)25/h4-7H,2-3,8-9H2,1H3,(H,22,23)(H,24,25)(H3,19,20,21). The summed E-state index contributed by atoms with van der Waals surface area (Å²) in [6.45, 7) is 3.08. The number of hydrogen-bond donors (Lipinski definition) is 4. The Bertz CT molecular complexity index is 870. The molecular weight excluding hydrogens is 340 g/mol. The SMILES string of the molecule is CCCCOCc1ccc(-c2c(C(=O)O)c(N)[nH]c(=O)c2C(=O)O)cc1. The molecule has 0 atom stereocenters. The maximum atomic E-state index is 12.0. The Morgan fingerprint density at radius 1 is 1.12 bits per heavy atom. The molecule has 0 aliphatic carbocycles. The number of carboxylic acids is 2. The van der Waals surface area contributed by atoms with Crippen molar-refractivity contribution in [3.8, 4) is 11.1 Å². The van der Waals surface area contributed by atoms with Crippen LogP contribution in [0.2, 0.25) is 0 Å². The first kappa shape index (κ1) is 19.2. The predicted molar refractivity (Wildman–Crippen MR) is 95.4 cm³/mol. The fourth-order valence-electron chi connectivity index (χ4n) is 2.54. The molecule has 0 unspecified atom stereocenters. The first-order chi connectivity index (χ1) is 12.4. The van der Waals surface area contributed by atoms with Gasteiger partial charge in [-0.05, 0) is 17.5 Å². The van der Waals surface area contributed by atoms with Gasteiger partial charge in [-0.3, -0.25) is 4.79 Å². The number of carbonyl (C=O) groups is 2. The number of nitrogens with two attached hydrogens (primary N) is 1. The Kier molecular flexibility index (Phi) is 6.13. The van der Waals surface area contributed by atoms with Gasteiger partial charge in [0.05, 0.1) is 6.61 Å². The number of aromatic carboxylic acids is 2. The predicted octanol–water partition coefficient (Wildman–Crippen LogP) is 2.34. The molecule has 2 aromatic rings. The lowest BCUT2D eigenvalue weighted by atomic mass is 9.95. The molecular formula is C18H20N2O6. The first-order valence-electron chi connectivity index (χ1n) is 8.06. The van der Waals surface area contributed by atoms with Crippen LogP contribution in [-0.2, 0) is 11.3 Å². The highest BCUT2D eigenvalue weighted by atomic mass is 16.5. The lowest BCUT2D eigenvalue weighted by molar-refractivity contribution is 0.0695. The molecule has 0 aliphatic heterocycles. The summed E-state index contributed by atoms with van der Waals surface area (Å²) in [6, 6.07) is 6.48. The van der Waals surface area contributed by atoms with Gasteiger partial charge in [0.15, 0.2) is 0 Å². The van der Waals surface area contributed by atoms with Crippen LogP contribution in [0.25, 0.3) is 11.1 Å². The molecule has 1 aromatic carbocycles. The largest absolute Gasteiger partial charge is 0.478 e. The second kappa shape index (κ2) is 8.30. The number of benzene rings is 1. The van der Waals surface area contributed by atoms with Crippen molar-refractivity contribution >= 4 is 17.8 Å². The molecule has 1 aromatic heterocycles. The van der Waals surface area contributed by atoms with Gasteiger partial charge in [-0.1, -0.05) is 37.6 Å². The Balaban J connectivity index is 2.48. The van der Waals surface area contributed by atoms with Crippen LogP contribution in [-0.4, -0.2) is 33.7 Å². The Hall–Kier alpha value is -3.13. The van der Waals surface area contributed by atoms with Crippen LogP contribution in [0.15, 0.2) is 29.1 Å². The van der Waals surface area contributed by atoms with E-state index < -0.39 is 34.4 Å². The number of aromatic nitrogens is 1. The van der Waals surface area contributed by atoms with E-state index in [4.69, 9.17) is 10.5 Å². The van der Waals surface area contributed by atoms with Crippen LogP contribution >= 0.6 is 0 Å². The van der Waals surface area contributed by atoms with Gasteiger partial charge >= 0.3 is 11.9 Å². The van der Waals surface area contributed by atoms with Gasteiger partial charge < -0.3 is 25.7 Å². The number of pyridine rings is 1. The zero-order valence-electron chi connectivity index (χ0n) is 14.2. The molecule has 0 fully saturated rings. The lowest BCUT2D eigenvalue weighted by Gasteiger charge is -2.12. The summed E-state index contributed by atoms with van der Waals surface area (Å²) in [6.07, 6.45) is 1.98. The molecule has 0 radical (unpaired) electrons. The molecule has 1 heterocycles. The van der Waals surface area contributed by atoms with Crippen molar-refractivity contribution in [3.63, 3.8) is 0 Å². The maximum Gasteiger partial charge on any atom is 0.342 e. The zero-order chi connectivity index (χ0) is 19.3. The number of ether oxygens (including phenoxy) is 1. The molecule has 0 saturated heterocycles. The normalized spacial score (nSPS) is 10.7. The average Bonchev–Trinajstić information content (AvgIpc) is 2.57. The van der Waals surface area contributed by atoms with Crippen molar-refractivity contribution in [2.75, 3.05) is 12.3 Å². The van der Waals surface area contributed by atoms with Crippen LogP contribution in [0.5, 0.6) is 0 Å². The van der Waals surface area contributed by atoms with E-state index in [1.54, 1.807) is 24.3 Å². The number of carboxylic acid groups (broad SMARTS) is 2. The number of nitrogens with one attached hydrogen (secondary N) is 1. The van der Waals surface area contributed by atoms with Crippen molar-refractivity contribution < 1.29 is 24.5 Å². The van der Waals surface area contributed by atoms with E-state index >= 15 is 0 Å². The smallest absolute Gasteiger partial charge is 0.342 e. The van der Waals surface area contributed by atoms with E-state index in [0.717, 1.165) is 18.4 Å². The van der Waals surface area contributed by atoms with Gasteiger partial charge in [0.2, 0.25) is 0 Å². The lowest BCUT2D eigenvalue weighted by Crippen LogP contribution is -2.24. The molecule has 2 rings (SSSR count). The summed E-state index contributed by atoms with van der Waals surface area (Å²) in [4.78, 5) is 37.1. The summed E-state index contributed by atoms with van der Waals surface area (Å²) in [5.41, 5.74) is 4.43. The van der Waals surface area contributed by atoms with E-state index in [-0.39, 0.29) is 11.1 Å². The second-order valence-corrected chi connectivity index (χ2v) is 5.71. The van der Waals surface area contributed by atoms with Crippen molar-refractivity contribution in [1.82, 2.24) is 4.98 Å². The maximum absolute atomic E-state index is 12.0. The summed E-state index contributed by atoms with van der Waals surface area (Å²) >= 11 is 0. The molecule has 26 heavy (non-hydrogen) atoms. The summed E-state index contributed by atoms with van der Waals surface area (Å²) < 4.78 is 5.50. The van der Waals surface area contributed by atoms with Crippen molar-refractivity contribution in [1.29, 1.82) is 0 Å². The molecule has 0 spiro atoms. The van der Waals surface area contributed by atoms with Gasteiger partial charge in [0.25, 0.3) is 5.56 Å². The topological polar surface area (TPSA) is 143 Å². The zero-order valence-corrected chi connectivity index (χ0v) is 14.2. The molecule has 0 saturated carbocycles. The van der Waals surface area contributed by atoms with Crippen molar-refractivity contribution in [2.24, 2.45) is 0 Å². The Morgan fingerprint density at radius 3 is 2.27 bits per heavy atom. The fraction of sp³-hybridized carbons (Fsp3) is 0.278. The Morgan fingerprint density at radius 2 is 1.73 bits per heavy atom. The molecule has 0 bridgehead atoms. The van der Waals surface area contributed by atoms with Crippen molar-refractivity contribution in [3.05, 3.63) is 51.3 Å². The van der Waals surface area contributed by atoms with E-state index in [1.165, 1.54) is 0 Å². The van der Waals surface area contributed by atoms with Gasteiger partial charge in [0.1, 0.15) is 16.9 Å². The van der Waals surface area contributed by atoms with Gasteiger partial charge in [-0.15, -0.1) is 0 Å². The number of hydrogen-bond acceptors (Lipinski definition) is 5. The minimum atomic E-state index is -1.53. The van der Waals surface area contributed by atoms with E-state index in [9.17, 15) is 24.6 Å². The van der Waals surface area contributed by atoms with Crippen LogP contribution in [0.1, 0.15) is 46.0 Å². The van der Waals surface area contributed by atoms with E-state index in [0.29, 0.717) is 13.2 Å². The molecule has 0 amide bonds. The molecule has 138 valence electrons. The number of unbranched alkanes of at least 4 members (excludes halogenated alkanes) is 1. The monoisotopic (exact) mass is 360 g/mol. The minimum absolute atomic E-state index is 0.218. The summed E-state index contributed by atoms with van der Waals surface area (Å²) in [5.74, 6) is -3.35. The third kappa shape index (κ3) is 4.09. The van der Waals surface area contributed by atoms with Gasteiger partial charge in [0, 0.05) is 12.2 Å². The average molecular weight is 360 g/mol. The number of nitrogen functional groups attached to an aromatic ring is 1. The summed E-state index contributed by atoms with van der Waals surface area (Å²) in [7, 11) is 0. The van der Waals surface area contributed by atoms with Crippen molar-refractivity contribution in [2.45, 2.75) is 26.4 Å². The number of anilines is 1. The van der Waals surface area contributed by atoms with Crippen LogP contribution in [0, 0.1) is 0 Å². The van der Waals surface area contributed by atoms with Crippen LogP contribution < -0.4 is 11.3 Å².